The van der Waals surface area contributed by atoms with Crippen LogP contribution in [0.15, 0.2) is 21.3 Å². The number of hydrazone groups is 2. The summed E-state index contributed by atoms with van der Waals surface area (Å²) in [6.45, 7) is 0. The molecule has 0 amide bonds. The molecule has 0 radical (unpaired) electrons. The van der Waals surface area contributed by atoms with Gasteiger partial charge in [-0.05, 0) is 38.5 Å². The van der Waals surface area contributed by atoms with Crippen LogP contribution in [0.1, 0.15) is 64.2 Å². The van der Waals surface area contributed by atoms with Crippen molar-refractivity contribution in [1.29, 1.82) is 0 Å². The van der Waals surface area contributed by atoms with Gasteiger partial charge in [-0.1, -0.05) is 31.3 Å². The molecular weight excluding hydrogens is 673 g/mol. The molecule has 0 aliphatic heterocycles. The molecule has 2 saturated carbocycles. The molecule has 22 heteroatoms. The van der Waals surface area contributed by atoms with Crippen molar-refractivity contribution in [1.82, 2.24) is 10.9 Å². The predicted octanol–water partition coefficient (Wildman–Crippen LogP) is -0.969. The normalized spacial score (nSPS) is 32.9. The second-order valence-electron chi connectivity index (χ2n) is 11.2. The van der Waals surface area contributed by atoms with E-state index in [2.05, 4.69) is 21.1 Å². The first kappa shape index (κ1) is 34.5. The van der Waals surface area contributed by atoms with Crippen molar-refractivity contribution in [3.8, 4) is 0 Å². The minimum atomic E-state index is -5.12. The van der Waals surface area contributed by atoms with Gasteiger partial charge in [-0.2, -0.15) is 43.9 Å². The zero-order valence-electron chi connectivity index (χ0n) is 22.9. The summed E-state index contributed by atoms with van der Waals surface area (Å²) in [5.41, 5.74) is 1.87. The molecule has 4 rings (SSSR count). The minimum Gasteiger partial charge on any atom is -0.305 e. The molecule has 4 aliphatic rings. The van der Waals surface area contributed by atoms with Crippen LogP contribution in [0.5, 0.6) is 0 Å². The smallest absolute Gasteiger partial charge is 0.274 e. The zero-order chi connectivity index (χ0) is 32.8. The number of rotatable bonds is 8. The third-order valence-corrected chi connectivity index (χ3v) is 13.2. The molecule has 6 atom stereocenters. The second kappa shape index (κ2) is 12.5. The average molecular weight is 705 g/mol. The van der Waals surface area contributed by atoms with E-state index in [-0.39, 0.29) is 31.3 Å². The van der Waals surface area contributed by atoms with Crippen molar-refractivity contribution in [3.63, 3.8) is 0 Å². The highest BCUT2D eigenvalue weighted by atomic mass is 32.2. The fraction of sp³-hybridized carbons (Fsp3) is 0.727. The van der Waals surface area contributed by atoms with E-state index in [1.54, 1.807) is 0 Å². The monoisotopic (exact) mass is 704 g/mol. The summed E-state index contributed by atoms with van der Waals surface area (Å²) in [6, 6.07) is -2.12. The topological polar surface area (TPSA) is 300 Å². The van der Waals surface area contributed by atoms with Gasteiger partial charge in [0.1, 0.15) is 32.4 Å². The van der Waals surface area contributed by atoms with Crippen LogP contribution in [0, 0.1) is 0 Å². The summed E-state index contributed by atoms with van der Waals surface area (Å²) in [7, 11) is -19.4. The molecule has 2 fully saturated rings. The van der Waals surface area contributed by atoms with Crippen molar-refractivity contribution < 1.29 is 61.5 Å². The van der Waals surface area contributed by atoms with Crippen molar-refractivity contribution in [2.24, 2.45) is 10.2 Å². The van der Waals surface area contributed by atoms with Gasteiger partial charge in [-0.3, -0.25) is 27.8 Å². The lowest BCUT2D eigenvalue weighted by Gasteiger charge is -2.33. The molecule has 6 unspecified atom stereocenters. The molecule has 0 heterocycles. The Kier molecular flexibility index (Phi) is 9.77. The Morgan fingerprint density at radius 1 is 0.545 bits per heavy atom. The number of hydrogen-bond donors (Lipinski definition) is 6. The number of Topliss-reactive ketones (excluding diaryl/α,β-unsaturated/α-hetero) is 2. The van der Waals surface area contributed by atoms with E-state index in [0.29, 0.717) is 25.7 Å². The summed E-state index contributed by atoms with van der Waals surface area (Å²) in [5, 5.41) is 0.655. The van der Waals surface area contributed by atoms with Gasteiger partial charge in [0.2, 0.25) is 11.6 Å². The number of carbonyl (C=O) groups excluding carboxylic acids is 2. The Bertz CT molecular complexity index is 1620. The fourth-order valence-corrected chi connectivity index (χ4v) is 10.0. The summed E-state index contributed by atoms with van der Waals surface area (Å²) >= 11 is 0. The SMILES string of the molecule is O=C1C(=NNC2CCCCC2S(=O)(=O)O)C(S(=O)(=O)O)CC2=C1C(=O)C(=NNC1CCCCC1S(=O)(=O)O)C(S(=O)(=O)O)C2. The van der Waals surface area contributed by atoms with E-state index in [4.69, 9.17) is 0 Å². The summed E-state index contributed by atoms with van der Waals surface area (Å²) in [6.07, 6.45) is 0.704. The molecule has 4 aliphatic carbocycles. The first-order valence-electron chi connectivity index (χ1n) is 13.5. The van der Waals surface area contributed by atoms with Gasteiger partial charge in [0.15, 0.2) is 0 Å². The Labute approximate surface area is 253 Å². The molecule has 248 valence electrons. The van der Waals surface area contributed by atoms with E-state index < -0.39 is 115 Å². The molecule has 0 aromatic carbocycles. The number of carbonyl (C=O) groups is 2. The molecule has 0 bridgehead atoms. The van der Waals surface area contributed by atoms with Crippen LogP contribution in [0.25, 0.3) is 0 Å². The second-order valence-corrected chi connectivity index (χ2v) is 17.7. The maximum absolute atomic E-state index is 13.6. The summed E-state index contributed by atoms with van der Waals surface area (Å²) in [5.74, 6) is -2.69. The zero-order valence-corrected chi connectivity index (χ0v) is 26.2. The van der Waals surface area contributed by atoms with Crippen molar-refractivity contribution >= 4 is 63.5 Å². The standard InChI is InChI=1S/C22H32N4O14S4/c27-21-18-11(9-16(43(35,36)37)19(21)25-23-12-5-1-3-7-14(12)41(29,30)31)10-17(44(38,39)40)20(22(18)28)26-24-13-6-2-4-8-15(13)42(32,33)34/h12-17,23-24H,1-10H2,(H,29,30,31)(H,32,33,34)(H,35,36,37)(H,38,39,40). The number of hydrogen-bond acceptors (Lipinski definition) is 14. The third kappa shape index (κ3) is 7.37. The van der Waals surface area contributed by atoms with Crippen molar-refractivity contribution in [3.05, 3.63) is 11.1 Å². The number of nitrogens with zero attached hydrogens (tertiary/aromatic N) is 2. The van der Waals surface area contributed by atoms with Crippen LogP contribution in [-0.4, -0.2) is 108 Å². The molecule has 18 nitrogen and oxygen atoms in total. The highest BCUT2D eigenvalue weighted by Crippen LogP contribution is 2.35. The molecule has 0 spiro atoms. The van der Waals surface area contributed by atoms with Crippen LogP contribution in [0.2, 0.25) is 0 Å². The molecule has 44 heavy (non-hydrogen) atoms. The lowest BCUT2D eigenvalue weighted by Crippen LogP contribution is -2.51. The summed E-state index contributed by atoms with van der Waals surface area (Å²) < 4.78 is 135. The molecular formula is C22H32N4O14S4. The molecule has 0 saturated heterocycles. The Hall–Kier alpha value is -2.34. The van der Waals surface area contributed by atoms with E-state index in [9.17, 15) is 61.5 Å². The van der Waals surface area contributed by atoms with Crippen LogP contribution >= 0.6 is 0 Å². The maximum atomic E-state index is 13.6. The van der Waals surface area contributed by atoms with Gasteiger partial charge in [-0.15, -0.1) is 0 Å². The van der Waals surface area contributed by atoms with Gasteiger partial charge in [0.05, 0.1) is 17.7 Å². The minimum absolute atomic E-state index is 0.0358. The number of ketones is 2. The van der Waals surface area contributed by atoms with Crippen molar-refractivity contribution in [2.75, 3.05) is 0 Å². The van der Waals surface area contributed by atoms with E-state index in [0.717, 1.165) is 0 Å². The largest absolute Gasteiger partial charge is 0.305 e. The molecule has 0 aromatic rings. The predicted molar refractivity (Wildman–Crippen MR) is 153 cm³/mol. The fourth-order valence-electron chi connectivity index (χ4n) is 6.15. The highest BCUT2D eigenvalue weighted by Gasteiger charge is 2.50. The Morgan fingerprint density at radius 2 is 0.886 bits per heavy atom. The van der Waals surface area contributed by atoms with Crippen LogP contribution in [-0.2, 0) is 50.1 Å². The van der Waals surface area contributed by atoms with Crippen LogP contribution in [0.4, 0.5) is 0 Å². The van der Waals surface area contributed by atoms with Crippen molar-refractivity contribution in [2.45, 2.75) is 97.3 Å². The first-order chi connectivity index (χ1) is 20.2. The van der Waals surface area contributed by atoms with Crippen LogP contribution < -0.4 is 10.9 Å². The van der Waals surface area contributed by atoms with Gasteiger partial charge < -0.3 is 10.9 Å². The quantitative estimate of drug-likeness (QED) is 0.101. The van der Waals surface area contributed by atoms with E-state index in [1.165, 1.54) is 0 Å². The molecule has 6 N–H and O–H groups in total. The van der Waals surface area contributed by atoms with Gasteiger partial charge in [0, 0.05) is 0 Å². The lowest BCUT2D eigenvalue weighted by atomic mass is 9.78. The van der Waals surface area contributed by atoms with E-state index in [1.807, 2.05) is 0 Å². The lowest BCUT2D eigenvalue weighted by molar-refractivity contribution is -0.115. The summed E-state index contributed by atoms with van der Waals surface area (Å²) in [4.78, 5) is 27.2. The third-order valence-electron chi connectivity index (χ3n) is 8.34. The maximum Gasteiger partial charge on any atom is 0.274 e. The van der Waals surface area contributed by atoms with Gasteiger partial charge in [0.25, 0.3) is 40.5 Å². The van der Waals surface area contributed by atoms with Gasteiger partial charge >= 0.3 is 0 Å². The first-order valence-corrected chi connectivity index (χ1v) is 19.5. The van der Waals surface area contributed by atoms with E-state index >= 15 is 0 Å². The van der Waals surface area contributed by atoms with Crippen LogP contribution in [0.3, 0.4) is 0 Å². The van der Waals surface area contributed by atoms with Gasteiger partial charge in [-0.25, -0.2) is 0 Å². The number of allylic oxidation sites excluding steroid dienone is 2. The average Bonchev–Trinajstić information content (AvgIpc) is 2.89. The Morgan fingerprint density at radius 3 is 1.20 bits per heavy atom. The highest BCUT2D eigenvalue weighted by molar-refractivity contribution is 7.88. The Balaban J connectivity index is 1.74. The number of nitrogens with one attached hydrogen (secondary N) is 2. The molecule has 0 aromatic heterocycles.